The number of hydrogen-bond donors (Lipinski definition) is 1. The molecular formula is C8H13NO5. The molecule has 0 spiro atoms. The molecule has 6 heteroatoms. The van der Waals surface area contributed by atoms with E-state index >= 15 is 0 Å². The summed E-state index contributed by atoms with van der Waals surface area (Å²) >= 11 is 0. The molecule has 1 N–H and O–H groups in total. The van der Waals surface area contributed by atoms with Crippen molar-refractivity contribution in [3.63, 3.8) is 0 Å². The maximum Gasteiger partial charge on any atom is 0.328 e. The van der Waals surface area contributed by atoms with Gasteiger partial charge in [0.25, 0.3) is 0 Å². The van der Waals surface area contributed by atoms with Crippen LogP contribution in [0.1, 0.15) is 12.8 Å². The minimum absolute atomic E-state index is 0.0527. The first-order chi connectivity index (χ1) is 6.65. The summed E-state index contributed by atoms with van der Waals surface area (Å²) < 4.78 is 8.80. The topological polar surface area (TPSA) is 81.7 Å². The summed E-state index contributed by atoms with van der Waals surface area (Å²) in [4.78, 5) is 31.9. The number of esters is 2. The quantitative estimate of drug-likeness (QED) is 0.452. The Labute approximate surface area is 81.6 Å². The highest BCUT2D eigenvalue weighted by molar-refractivity contribution is 5.79. The highest BCUT2D eigenvalue weighted by Crippen LogP contribution is 2.00. The van der Waals surface area contributed by atoms with Gasteiger partial charge in [-0.2, -0.15) is 0 Å². The third-order valence-electron chi connectivity index (χ3n) is 1.62. The van der Waals surface area contributed by atoms with Crippen molar-refractivity contribution < 1.29 is 23.9 Å². The van der Waals surface area contributed by atoms with Crippen LogP contribution in [0, 0.1) is 0 Å². The second-order valence-corrected chi connectivity index (χ2v) is 2.48. The highest BCUT2D eigenvalue weighted by atomic mass is 16.5. The molecule has 0 rings (SSSR count). The monoisotopic (exact) mass is 203 g/mol. The number of amides is 1. The zero-order valence-electron chi connectivity index (χ0n) is 8.11. The van der Waals surface area contributed by atoms with Gasteiger partial charge in [-0.3, -0.25) is 9.59 Å². The molecule has 0 aliphatic heterocycles. The Morgan fingerprint density at radius 3 is 2.43 bits per heavy atom. The molecule has 80 valence electrons. The van der Waals surface area contributed by atoms with Gasteiger partial charge in [-0.15, -0.1) is 0 Å². The minimum atomic E-state index is -0.795. The van der Waals surface area contributed by atoms with Gasteiger partial charge >= 0.3 is 11.9 Å². The molecule has 0 bridgehead atoms. The first kappa shape index (κ1) is 12.4. The van der Waals surface area contributed by atoms with E-state index in [4.69, 9.17) is 0 Å². The lowest BCUT2D eigenvalue weighted by atomic mass is 10.1. The van der Waals surface area contributed by atoms with Crippen LogP contribution < -0.4 is 5.32 Å². The van der Waals surface area contributed by atoms with Crippen molar-refractivity contribution in [1.29, 1.82) is 0 Å². The molecule has 0 heterocycles. The Balaban J connectivity index is 4.02. The lowest BCUT2D eigenvalue weighted by Crippen LogP contribution is -2.37. The zero-order chi connectivity index (χ0) is 11.0. The van der Waals surface area contributed by atoms with E-state index in [0.29, 0.717) is 6.41 Å². The van der Waals surface area contributed by atoms with Crippen LogP contribution in [-0.2, 0) is 23.9 Å². The number of hydrogen-bond acceptors (Lipinski definition) is 5. The minimum Gasteiger partial charge on any atom is -0.469 e. The van der Waals surface area contributed by atoms with E-state index in [1.54, 1.807) is 0 Å². The van der Waals surface area contributed by atoms with Gasteiger partial charge < -0.3 is 14.8 Å². The molecule has 6 nitrogen and oxygen atoms in total. The van der Waals surface area contributed by atoms with Crippen molar-refractivity contribution in [2.75, 3.05) is 14.2 Å². The van der Waals surface area contributed by atoms with Gasteiger partial charge in [0, 0.05) is 6.42 Å². The summed E-state index contributed by atoms with van der Waals surface area (Å²) in [7, 11) is 2.46. The van der Waals surface area contributed by atoms with Crippen LogP contribution >= 0.6 is 0 Å². The van der Waals surface area contributed by atoms with E-state index in [1.165, 1.54) is 14.2 Å². The van der Waals surface area contributed by atoms with Gasteiger partial charge in [0.15, 0.2) is 0 Å². The molecule has 0 saturated carbocycles. The number of rotatable bonds is 6. The summed E-state index contributed by atoms with van der Waals surface area (Å²) in [5.74, 6) is -1.02. The first-order valence-electron chi connectivity index (χ1n) is 4.00. The molecule has 0 radical (unpaired) electrons. The van der Waals surface area contributed by atoms with Crippen LogP contribution in [0.4, 0.5) is 0 Å². The first-order valence-corrected chi connectivity index (χ1v) is 4.00. The maximum atomic E-state index is 11.0. The smallest absolute Gasteiger partial charge is 0.328 e. The van der Waals surface area contributed by atoms with E-state index in [-0.39, 0.29) is 12.8 Å². The number of carbonyl (C=O) groups excluding carboxylic acids is 3. The summed E-state index contributed by atoms with van der Waals surface area (Å²) in [6, 6.07) is -0.795. The maximum absolute atomic E-state index is 11.0. The predicted octanol–water partition coefficient (Wildman–Crippen LogP) is -0.773. The molecule has 0 aromatic heterocycles. The SMILES string of the molecule is COC(=O)CCC(NC=O)C(=O)OC. The van der Waals surface area contributed by atoms with Crippen LogP contribution in [0.5, 0.6) is 0 Å². The number of methoxy groups -OCH3 is 2. The molecule has 0 aromatic carbocycles. The molecule has 14 heavy (non-hydrogen) atoms. The third-order valence-corrected chi connectivity index (χ3v) is 1.62. The zero-order valence-corrected chi connectivity index (χ0v) is 8.11. The van der Waals surface area contributed by atoms with Gasteiger partial charge in [-0.05, 0) is 6.42 Å². The second kappa shape index (κ2) is 6.88. The van der Waals surface area contributed by atoms with Gasteiger partial charge in [0.05, 0.1) is 14.2 Å². The molecule has 0 aromatic rings. The van der Waals surface area contributed by atoms with Crippen molar-refractivity contribution >= 4 is 18.3 Å². The summed E-state index contributed by atoms with van der Waals surface area (Å²) in [5.41, 5.74) is 0. The summed E-state index contributed by atoms with van der Waals surface area (Å²) in [5, 5.41) is 2.25. The van der Waals surface area contributed by atoms with E-state index in [0.717, 1.165) is 0 Å². The number of carbonyl (C=O) groups is 3. The van der Waals surface area contributed by atoms with Gasteiger partial charge in [0.1, 0.15) is 6.04 Å². The molecule has 0 aliphatic rings. The Morgan fingerprint density at radius 2 is 2.00 bits per heavy atom. The molecule has 1 amide bonds. The molecule has 0 aliphatic carbocycles. The average Bonchev–Trinajstić information content (AvgIpc) is 2.22. The van der Waals surface area contributed by atoms with Crippen LogP contribution in [-0.4, -0.2) is 38.6 Å². The summed E-state index contributed by atoms with van der Waals surface area (Å²) in [6.45, 7) is 0. The second-order valence-electron chi connectivity index (χ2n) is 2.48. The highest BCUT2D eigenvalue weighted by Gasteiger charge is 2.19. The fourth-order valence-electron chi connectivity index (χ4n) is 0.858. The third kappa shape index (κ3) is 4.44. The normalized spacial score (nSPS) is 11.3. The van der Waals surface area contributed by atoms with Gasteiger partial charge in [-0.25, -0.2) is 4.79 Å². The Morgan fingerprint density at radius 1 is 1.36 bits per heavy atom. The average molecular weight is 203 g/mol. The lowest BCUT2D eigenvalue weighted by Gasteiger charge is -2.12. The Kier molecular flexibility index (Phi) is 6.09. The number of nitrogens with one attached hydrogen (secondary N) is 1. The summed E-state index contributed by atoms with van der Waals surface area (Å²) in [6.07, 6.45) is 0.605. The molecular weight excluding hydrogens is 190 g/mol. The largest absolute Gasteiger partial charge is 0.469 e. The van der Waals surface area contributed by atoms with Crippen molar-refractivity contribution in [3.8, 4) is 0 Å². The van der Waals surface area contributed by atoms with E-state index in [9.17, 15) is 14.4 Å². The Bertz CT molecular complexity index is 216. The molecule has 0 fully saturated rings. The van der Waals surface area contributed by atoms with Crippen molar-refractivity contribution in [3.05, 3.63) is 0 Å². The lowest BCUT2D eigenvalue weighted by molar-refractivity contribution is -0.145. The van der Waals surface area contributed by atoms with Crippen LogP contribution in [0.15, 0.2) is 0 Å². The van der Waals surface area contributed by atoms with Crippen LogP contribution in [0.2, 0.25) is 0 Å². The van der Waals surface area contributed by atoms with Crippen molar-refractivity contribution in [2.45, 2.75) is 18.9 Å². The van der Waals surface area contributed by atoms with Crippen LogP contribution in [0.3, 0.4) is 0 Å². The Hall–Kier alpha value is -1.59. The molecule has 1 atom stereocenters. The standard InChI is InChI=1S/C8H13NO5/c1-13-7(11)4-3-6(9-5-10)8(12)14-2/h5-6H,3-4H2,1-2H3,(H,9,10). The molecule has 1 unspecified atom stereocenters. The van der Waals surface area contributed by atoms with Crippen molar-refractivity contribution in [1.82, 2.24) is 5.32 Å². The fraction of sp³-hybridized carbons (Fsp3) is 0.625. The van der Waals surface area contributed by atoms with Crippen molar-refractivity contribution in [2.24, 2.45) is 0 Å². The van der Waals surface area contributed by atoms with E-state index < -0.39 is 18.0 Å². The predicted molar refractivity (Wildman–Crippen MR) is 46.3 cm³/mol. The fourth-order valence-corrected chi connectivity index (χ4v) is 0.858. The van der Waals surface area contributed by atoms with Crippen LogP contribution in [0.25, 0.3) is 0 Å². The number of ether oxygens (including phenoxy) is 2. The molecule has 0 saturated heterocycles. The van der Waals surface area contributed by atoms with E-state index in [1.807, 2.05) is 0 Å². The van der Waals surface area contributed by atoms with Gasteiger partial charge in [0.2, 0.25) is 6.41 Å². The van der Waals surface area contributed by atoms with Gasteiger partial charge in [-0.1, -0.05) is 0 Å². The van der Waals surface area contributed by atoms with E-state index in [2.05, 4.69) is 14.8 Å².